The van der Waals surface area contributed by atoms with E-state index in [1.54, 1.807) is 11.8 Å². The molecule has 3 rings (SSSR count). The summed E-state index contributed by atoms with van der Waals surface area (Å²) in [5.74, 6) is 0. The number of allylic oxidation sites excluding steroid dienone is 1. The van der Waals surface area contributed by atoms with Gasteiger partial charge >= 0.3 is 6.03 Å². The summed E-state index contributed by atoms with van der Waals surface area (Å²) in [7, 11) is 0. The number of pyridine rings is 1. The Kier molecular flexibility index (Phi) is 6.24. The minimum Gasteiger partial charge on any atom is -0.332 e. The van der Waals surface area contributed by atoms with Crippen LogP contribution in [0.1, 0.15) is 37.8 Å². The molecule has 1 aliphatic heterocycles. The third-order valence-electron chi connectivity index (χ3n) is 4.94. The van der Waals surface area contributed by atoms with Gasteiger partial charge in [-0.2, -0.15) is 0 Å². The van der Waals surface area contributed by atoms with E-state index in [4.69, 9.17) is 0 Å². The first-order valence-electron chi connectivity index (χ1n) is 9.14. The Morgan fingerprint density at radius 1 is 1.17 bits per heavy atom. The van der Waals surface area contributed by atoms with Crippen LogP contribution in [0.3, 0.4) is 0 Å². The van der Waals surface area contributed by atoms with Crippen molar-refractivity contribution in [2.45, 2.75) is 38.6 Å². The van der Waals surface area contributed by atoms with Crippen molar-refractivity contribution in [3.05, 3.63) is 41.7 Å². The molecule has 0 bridgehead atoms. The molecule has 0 saturated carbocycles. The summed E-state index contributed by atoms with van der Waals surface area (Å²) in [5.41, 5.74) is 2.53. The van der Waals surface area contributed by atoms with Crippen LogP contribution in [0.5, 0.6) is 0 Å². The zero-order valence-corrected chi connectivity index (χ0v) is 14.4. The molecule has 0 atom stereocenters. The number of hydrogen-bond donors (Lipinski definition) is 1. The number of urea groups is 1. The van der Waals surface area contributed by atoms with Gasteiger partial charge in [-0.25, -0.2) is 4.79 Å². The smallest absolute Gasteiger partial charge is 0.317 e. The standard InChI is InChI=1S/C19H28N4O/c24-19(21-16-18-8-4-5-10-20-18)23-14-12-22(13-15-23)11-9-17-6-2-1-3-7-17/h4-6,8,10H,1-3,7,9,11-16H2,(H,21,24). The molecule has 24 heavy (non-hydrogen) atoms. The number of carbonyl (C=O) groups is 1. The highest BCUT2D eigenvalue weighted by Gasteiger charge is 2.20. The van der Waals surface area contributed by atoms with Crippen LogP contribution < -0.4 is 5.32 Å². The second-order valence-electron chi connectivity index (χ2n) is 6.67. The zero-order valence-electron chi connectivity index (χ0n) is 14.4. The summed E-state index contributed by atoms with van der Waals surface area (Å²) >= 11 is 0. The Morgan fingerprint density at radius 2 is 2.04 bits per heavy atom. The molecule has 2 heterocycles. The Morgan fingerprint density at radius 3 is 2.75 bits per heavy atom. The van der Waals surface area contributed by atoms with Crippen molar-refractivity contribution in [1.29, 1.82) is 0 Å². The topological polar surface area (TPSA) is 48.5 Å². The maximum atomic E-state index is 12.2. The number of amides is 2. The summed E-state index contributed by atoms with van der Waals surface area (Å²) in [5, 5.41) is 2.96. The van der Waals surface area contributed by atoms with Gasteiger partial charge in [-0.05, 0) is 44.2 Å². The second-order valence-corrected chi connectivity index (χ2v) is 6.67. The fourth-order valence-corrected chi connectivity index (χ4v) is 3.39. The molecule has 130 valence electrons. The van der Waals surface area contributed by atoms with Crippen LogP contribution in [0.4, 0.5) is 4.79 Å². The van der Waals surface area contributed by atoms with Crippen LogP contribution in [0.25, 0.3) is 0 Å². The van der Waals surface area contributed by atoms with Gasteiger partial charge in [0.05, 0.1) is 12.2 Å². The number of piperazine rings is 1. The lowest BCUT2D eigenvalue weighted by Gasteiger charge is -2.35. The monoisotopic (exact) mass is 328 g/mol. The number of carbonyl (C=O) groups excluding carboxylic acids is 1. The second kappa shape index (κ2) is 8.83. The predicted octanol–water partition coefficient (Wildman–Crippen LogP) is 2.80. The van der Waals surface area contributed by atoms with E-state index in [1.165, 1.54) is 32.1 Å². The molecule has 0 aromatic carbocycles. The van der Waals surface area contributed by atoms with Gasteiger partial charge in [0.15, 0.2) is 0 Å². The van der Waals surface area contributed by atoms with Crippen LogP contribution in [0.2, 0.25) is 0 Å². The van der Waals surface area contributed by atoms with Gasteiger partial charge in [-0.1, -0.05) is 17.7 Å². The fraction of sp³-hybridized carbons (Fsp3) is 0.579. The molecule has 0 spiro atoms. The predicted molar refractivity (Wildman–Crippen MR) is 95.7 cm³/mol. The van der Waals surface area contributed by atoms with Crippen LogP contribution in [-0.4, -0.2) is 53.5 Å². The summed E-state index contributed by atoms with van der Waals surface area (Å²) in [4.78, 5) is 20.9. The summed E-state index contributed by atoms with van der Waals surface area (Å²) < 4.78 is 0. The zero-order chi connectivity index (χ0) is 16.6. The van der Waals surface area contributed by atoms with Gasteiger partial charge in [0, 0.05) is 38.9 Å². The number of nitrogens with one attached hydrogen (secondary N) is 1. The molecule has 0 unspecified atom stereocenters. The van der Waals surface area contributed by atoms with Crippen molar-refractivity contribution >= 4 is 6.03 Å². The molecule has 1 aromatic heterocycles. The quantitative estimate of drug-likeness (QED) is 0.846. The molecular weight excluding hydrogens is 300 g/mol. The SMILES string of the molecule is O=C(NCc1ccccn1)N1CCN(CCC2=CCCCC2)CC1. The van der Waals surface area contributed by atoms with E-state index in [9.17, 15) is 4.79 Å². The summed E-state index contributed by atoms with van der Waals surface area (Å²) in [6.45, 7) is 5.21. The molecule has 5 nitrogen and oxygen atoms in total. The van der Waals surface area contributed by atoms with Gasteiger partial charge < -0.3 is 10.2 Å². The number of nitrogens with zero attached hydrogens (tertiary/aromatic N) is 3. The molecule has 2 aliphatic rings. The highest BCUT2D eigenvalue weighted by atomic mass is 16.2. The molecule has 1 aromatic rings. The van der Waals surface area contributed by atoms with E-state index in [0.29, 0.717) is 6.54 Å². The number of aromatic nitrogens is 1. The van der Waals surface area contributed by atoms with Gasteiger partial charge in [-0.15, -0.1) is 0 Å². The largest absolute Gasteiger partial charge is 0.332 e. The Hall–Kier alpha value is -1.88. The van der Waals surface area contributed by atoms with Crippen LogP contribution in [-0.2, 0) is 6.54 Å². The van der Waals surface area contributed by atoms with E-state index in [-0.39, 0.29) is 6.03 Å². The summed E-state index contributed by atoms with van der Waals surface area (Å²) in [6, 6.07) is 5.77. The van der Waals surface area contributed by atoms with E-state index in [2.05, 4.69) is 21.3 Å². The fourth-order valence-electron chi connectivity index (χ4n) is 3.39. The molecule has 5 heteroatoms. The highest BCUT2D eigenvalue weighted by molar-refractivity contribution is 5.74. The van der Waals surface area contributed by atoms with E-state index >= 15 is 0 Å². The van der Waals surface area contributed by atoms with Gasteiger partial charge in [0.25, 0.3) is 0 Å². The average Bonchev–Trinajstić information content (AvgIpc) is 2.66. The summed E-state index contributed by atoms with van der Waals surface area (Å²) in [6.07, 6.45) is 10.7. The van der Waals surface area contributed by atoms with Crippen molar-refractivity contribution < 1.29 is 4.79 Å². The van der Waals surface area contributed by atoms with Crippen LogP contribution in [0, 0.1) is 0 Å². The third kappa shape index (κ3) is 5.06. The molecular formula is C19H28N4O. The molecule has 1 fully saturated rings. The molecule has 1 N–H and O–H groups in total. The Balaban J connectivity index is 1.35. The maximum Gasteiger partial charge on any atom is 0.317 e. The van der Waals surface area contributed by atoms with Gasteiger partial charge in [0.2, 0.25) is 0 Å². The lowest BCUT2D eigenvalue weighted by Crippen LogP contribution is -2.51. The first-order valence-corrected chi connectivity index (χ1v) is 9.14. The van der Waals surface area contributed by atoms with Crippen molar-refractivity contribution in [2.24, 2.45) is 0 Å². The number of rotatable bonds is 5. The lowest BCUT2D eigenvalue weighted by molar-refractivity contribution is 0.139. The number of hydrogen-bond acceptors (Lipinski definition) is 3. The van der Waals surface area contributed by atoms with Gasteiger partial charge in [-0.3, -0.25) is 9.88 Å². The van der Waals surface area contributed by atoms with E-state index in [1.807, 2.05) is 23.1 Å². The maximum absolute atomic E-state index is 12.2. The van der Waals surface area contributed by atoms with Crippen molar-refractivity contribution in [1.82, 2.24) is 20.1 Å². The van der Waals surface area contributed by atoms with Crippen LogP contribution in [0.15, 0.2) is 36.0 Å². The minimum absolute atomic E-state index is 0.0234. The van der Waals surface area contributed by atoms with E-state index < -0.39 is 0 Å². The van der Waals surface area contributed by atoms with Crippen LogP contribution >= 0.6 is 0 Å². The van der Waals surface area contributed by atoms with Gasteiger partial charge in [0.1, 0.15) is 0 Å². The molecule has 1 saturated heterocycles. The Labute approximate surface area is 144 Å². The average molecular weight is 328 g/mol. The lowest BCUT2D eigenvalue weighted by atomic mass is 9.97. The van der Waals surface area contributed by atoms with Crippen molar-refractivity contribution in [2.75, 3.05) is 32.7 Å². The van der Waals surface area contributed by atoms with Crippen molar-refractivity contribution in [3.8, 4) is 0 Å². The first-order chi connectivity index (χ1) is 11.8. The third-order valence-corrected chi connectivity index (χ3v) is 4.94. The normalized spacial score (nSPS) is 19.0. The Bertz CT molecular complexity index is 550. The highest BCUT2D eigenvalue weighted by Crippen LogP contribution is 2.20. The first kappa shape index (κ1) is 17.0. The molecule has 2 amide bonds. The van der Waals surface area contributed by atoms with Crippen molar-refractivity contribution in [3.63, 3.8) is 0 Å². The van der Waals surface area contributed by atoms with E-state index in [0.717, 1.165) is 38.4 Å². The molecule has 0 radical (unpaired) electrons. The minimum atomic E-state index is 0.0234. The molecule has 1 aliphatic carbocycles.